The lowest BCUT2D eigenvalue weighted by Gasteiger charge is -2.07. The predicted octanol–water partition coefficient (Wildman–Crippen LogP) is 2.79. The van der Waals surface area contributed by atoms with Gasteiger partial charge in [0.15, 0.2) is 5.78 Å². The lowest BCUT2D eigenvalue weighted by Crippen LogP contribution is -2.24. The number of anilines is 1. The van der Waals surface area contributed by atoms with E-state index in [0.29, 0.717) is 11.3 Å². The Morgan fingerprint density at radius 2 is 1.46 bits per heavy atom. The van der Waals surface area contributed by atoms with Crippen molar-refractivity contribution in [2.75, 3.05) is 5.32 Å². The Kier molecular flexibility index (Phi) is 6.81. The van der Waals surface area contributed by atoms with Crippen molar-refractivity contribution < 1.29 is 24.3 Å². The summed E-state index contributed by atoms with van der Waals surface area (Å²) in [5, 5.41) is 14.2. The number of carbonyl (C=O) groups excluding carboxylic acids is 3. The molecule has 0 bridgehead atoms. The van der Waals surface area contributed by atoms with Crippen LogP contribution in [0.1, 0.15) is 40.1 Å². The van der Waals surface area contributed by atoms with Crippen molar-refractivity contribution >= 4 is 29.3 Å². The van der Waals surface area contributed by atoms with Crippen LogP contribution < -0.4 is 10.6 Å². The molecule has 2 rings (SSSR count). The topological polar surface area (TPSA) is 113 Å². The van der Waals surface area contributed by atoms with Crippen LogP contribution in [-0.4, -0.2) is 28.7 Å². The summed E-state index contributed by atoms with van der Waals surface area (Å²) < 4.78 is 0. The third-order valence-electron chi connectivity index (χ3n) is 3.92. The van der Waals surface area contributed by atoms with Gasteiger partial charge in [0.2, 0.25) is 11.8 Å². The first-order valence-corrected chi connectivity index (χ1v) is 8.47. The number of hydrogen-bond donors (Lipinski definition) is 3. The summed E-state index contributed by atoms with van der Waals surface area (Å²) in [4.78, 5) is 46.2. The van der Waals surface area contributed by atoms with Crippen LogP contribution in [0.5, 0.6) is 0 Å². The van der Waals surface area contributed by atoms with E-state index in [2.05, 4.69) is 10.6 Å². The molecule has 0 aliphatic heterocycles. The van der Waals surface area contributed by atoms with E-state index in [4.69, 9.17) is 5.11 Å². The maximum absolute atomic E-state index is 12.1. The molecule has 0 radical (unpaired) electrons. The maximum Gasteiger partial charge on any atom is 0.335 e. The maximum atomic E-state index is 12.1. The first-order chi connectivity index (χ1) is 13.3. The van der Waals surface area contributed by atoms with E-state index in [1.807, 2.05) is 0 Å². The predicted molar refractivity (Wildman–Crippen MR) is 104 cm³/mol. The average Bonchev–Trinajstić information content (AvgIpc) is 2.66. The Morgan fingerprint density at radius 3 is 2.00 bits per heavy atom. The highest BCUT2D eigenvalue weighted by Crippen LogP contribution is 2.10. The minimum absolute atomic E-state index is 0.0668. The molecule has 7 heteroatoms. The molecule has 0 aliphatic rings. The third-order valence-corrected chi connectivity index (χ3v) is 3.92. The van der Waals surface area contributed by atoms with Crippen LogP contribution in [0.25, 0.3) is 0 Å². The third kappa shape index (κ3) is 5.91. The molecule has 2 aromatic rings. The SMILES string of the molecule is CC(=O)c1ccc(NC(=O)/C=C(\C)C(=O)NCc2ccc(C(=O)O)cc2)cc1. The molecule has 0 fully saturated rings. The summed E-state index contributed by atoms with van der Waals surface area (Å²) in [5.41, 5.74) is 2.18. The van der Waals surface area contributed by atoms with Crippen molar-refractivity contribution in [3.8, 4) is 0 Å². The van der Waals surface area contributed by atoms with Crippen LogP contribution in [0.15, 0.2) is 60.2 Å². The largest absolute Gasteiger partial charge is 0.478 e. The molecule has 0 heterocycles. The molecule has 0 atom stereocenters. The van der Waals surface area contributed by atoms with Gasteiger partial charge in [0.1, 0.15) is 0 Å². The van der Waals surface area contributed by atoms with Crippen molar-refractivity contribution in [1.29, 1.82) is 0 Å². The summed E-state index contributed by atoms with van der Waals surface area (Å²) in [6.07, 6.45) is 1.18. The number of Topliss-reactive ketones (excluding diaryl/α,β-unsaturated/α-hetero) is 1. The normalized spacial score (nSPS) is 10.9. The number of hydrogen-bond acceptors (Lipinski definition) is 4. The standard InChI is InChI=1S/C21H20N2O5/c1-13(11-19(25)23-18-9-7-16(8-10-18)14(2)24)20(26)22-12-15-3-5-17(6-4-15)21(27)28/h3-11H,12H2,1-2H3,(H,22,26)(H,23,25)(H,27,28)/b13-11+. The van der Waals surface area contributed by atoms with Gasteiger partial charge in [-0.2, -0.15) is 0 Å². The first-order valence-electron chi connectivity index (χ1n) is 8.47. The molecule has 0 unspecified atom stereocenters. The highest BCUT2D eigenvalue weighted by molar-refractivity contribution is 6.06. The highest BCUT2D eigenvalue weighted by atomic mass is 16.4. The number of ketones is 1. The second-order valence-electron chi connectivity index (χ2n) is 6.13. The zero-order valence-electron chi connectivity index (χ0n) is 15.5. The molecule has 0 saturated carbocycles. The molecule has 2 amide bonds. The Balaban J connectivity index is 1.90. The molecule has 144 valence electrons. The van der Waals surface area contributed by atoms with Gasteiger partial charge in [0.05, 0.1) is 5.56 Å². The van der Waals surface area contributed by atoms with Crippen LogP contribution in [-0.2, 0) is 16.1 Å². The Hall–Kier alpha value is -3.74. The fraction of sp³-hybridized carbons (Fsp3) is 0.143. The number of rotatable bonds is 7. The molecule has 7 nitrogen and oxygen atoms in total. The van der Waals surface area contributed by atoms with E-state index < -0.39 is 17.8 Å². The number of aromatic carboxylic acids is 1. The van der Waals surface area contributed by atoms with Gasteiger partial charge in [-0.3, -0.25) is 14.4 Å². The van der Waals surface area contributed by atoms with E-state index in [9.17, 15) is 19.2 Å². The first kappa shape index (κ1) is 20.6. The molecule has 3 N–H and O–H groups in total. The molecular weight excluding hydrogens is 360 g/mol. The summed E-state index contributed by atoms with van der Waals surface area (Å²) in [6.45, 7) is 3.18. The average molecular weight is 380 g/mol. The van der Waals surface area contributed by atoms with Gasteiger partial charge in [-0.25, -0.2) is 4.79 Å². The van der Waals surface area contributed by atoms with Crippen molar-refractivity contribution in [3.63, 3.8) is 0 Å². The fourth-order valence-corrected chi connectivity index (χ4v) is 2.32. The lowest BCUT2D eigenvalue weighted by molar-refractivity contribution is -0.118. The molecule has 0 spiro atoms. The number of carbonyl (C=O) groups is 4. The van der Waals surface area contributed by atoms with E-state index in [1.54, 1.807) is 36.4 Å². The van der Waals surface area contributed by atoms with Gasteiger partial charge in [-0.1, -0.05) is 12.1 Å². The summed E-state index contributed by atoms with van der Waals surface area (Å²) >= 11 is 0. The quantitative estimate of drug-likeness (QED) is 0.505. The number of carboxylic acids is 1. The van der Waals surface area contributed by atoms with E-state index in [1.165, 1.54) is 32.1 Å². The van der Waals surface area contributed by atoms with Crippen molar-refractivity contribution in [1.82, 2.24) is 5.32 Å². The Morgan fingerprint density at radius 1 is 0.893 bits per heavy atom. The molecule has 2 aromatic carbocycles. The van der Waals surface area contributed by atoms with E-state index in [0.717, 1.165) is 5.56 Å². The number of carboxylic acid groups (broad SMARTS) is 1. The van der Waals surface area contributed by atoms with E-state index >= 15 is 0 Å². The van der Waals surface area contributed by atoms with Gasteiger partial charge in [0, 0.05) is 29.4 Å². The molecule has 0 aromatic heterocycles. The zero-order valence-corrected chi connectivity index (χ0v) is 15.5. The minimum Gasteiger partial charge on any atom is -0.478 e. The molecular formula is C21H20N2O5. The van der Waals surface area contributed by atoms with Crippen LogP contribution in [0.3, 0.4) is 0 Å². The lowest BCUT2D eigenvalue weighted by atomic mass is 10.1. The molecule has 0 saturated heterocycles. The van der Waals surface area contributed by atoms with Crippen LogP contribution in [0.2, 0.25) is 0 Å². The van der Waals surface area contributed by atoms with Gasteiger partial charge in [0.25, 0.3) is 0 Å². The molecule has 0 aliphatic carbocycles. The summed E-state index contributed by atoms with van der Waals surface area (Å²) in [6, 6.07) is 12.6. The number of benzene rings is 2. The van der Waals surface area contributed by atoms with Gasteiger partial charge in [-0.15, -0.1) is 0 Å². The summed E-state index contributed by atoms with van der Waals surface area (Å²) in [5.74, 6) is -1.96. The minimum atomic E-state index is -1.02. The molecule has 28 heavy (non-hydrogen) atoms. The highest BCUT2D eigenvalue weighted by Gasteiger charge is 2.08. The second kappa shape index (κ2) is 9.27. The van der Waals surface area contributed by atoms with Crippen LogP contribution in [0, 0.1) is 0 Å². The van der Waals surface area contributed by atoms with Crippen LogP contribution in [0.4, 0.5) is 5.69 Å². The zero-order chi connectivity index (χ0) is 20.7. The van der Waals surface area contributed by atoms with Gasteiger partial charge < -0.3 is 15.7 Å². The number of amides is 2. The second-order valence-corrected chi connectivity index (χ2v) is 6.13. The van der Waals surface area contributed by atoms with Crippen molar-refractivity contribution in [2.45, 2.75) is 20.4 Å². The Labute approximate surface area is 162 Å². The Bertz CT molecular complexity index is 928. The fourth-order valence-electron chi connectivity index (χ4n) is 2.32. The monoisotopic (exact) mass is 380 g/mol. The van der Waals surface area contributed by atoms with Crippen LogP contribution >= 0.6 is 0 Å². The number of nitrogens with one attached hydrogen (secondary N) is 2. The van der Waals surface area contributed by atoms with Crippen molar-refractivity contribution in [2.24, 2.45) is 0 Å². The van der Waals surface area contributed by atoms with Crippen molar-refractivity contribution in [3.05, 3.63) is 76.9 Å². The van der Waals surface area contributed by atoms with E-state index in [-0.39, 0.29) is 23.5 Å². The van der Waals surface area contributed by atoms with Gasteiger partial charge in [-0.05, 0) is 55.8 Å². The smallest absolute Gasteiger partial charge is 0.335 e. The van der Waals surface area contributed by atoms with Gasteiger partial charge >= 0.3 is 5.97 Å². The summed E-state index contributed by atoms with van der Waals surface area (Å²) in [7, 11) is 0.